The van der Waals surface area contributed by atoms with Crippen LogP contribution in [0, 0.1) is 0 Å². The second-order valence-corrected chi connectivity index (χ2v) is 7.26. The van der Waals surface area contributed by atoms with Crippen LogP contribution in [0.5, 0.6) is 5.75 Å². The Kier molecular flexibility index (Phi) is 14.7. The van der Waals surface area contributed by atoms with Gasteiger partial charge in [-0.2, -0.15) is 0 Å². The molecule has 1 aromatic rings. The van der Waals surface area contributed by atoms with E-state index in [1.807, 2.05) is 0 Å². The van der Waals surface area contributed by atoms with Gasteiger partial charge < -0.3 is 9.84 Å². The van der Waals surface area contributed by atoms with E-state index in [9.17, 15) is 4.79 Å². The Morgan fingerprint density at radius 3 is 2.00 bits per heavy atom. The zero-order chi connectivity index (χ0) is 20.3. The molecule has 0 unspecified atom stereocenters. The van der Waals surface area contributed by atoms with Crippen molar-refractivity contribution in [1.82, 2.24) is 0 Å². The molecule has 0 fully saturated rings. The number of unbranched alkanes of at least 4 members (excludes halogenated alkanes) is 9. The van der Waals surface area contributed by atoms with Crippen LogP contribution in [0.1, 0.15) is 94.3 Å². The summed E-state index contributed by atoms with van der Waals surface area (Å²) in [5.74, 6) is -0.163. The second-order valence-electron chi connectivity index (χ2n) is 7.26. The molecule has 1 rings (SSSR count). The van der Waals surface area contributed by atoms with Crippen molar-refractivity contribution >= 4 is 5.97 Å². The summed E-state index contributed by atoms with van der Waals surface area (Å²) in [4.78, 5) is 10.8. The molecule has 0 atom stereocenters. The Morgan fingerprint density at radius 2 is 1.39 bits per heavy atom. The van der Waals surface area contributed by atoms with Crippen LogP contribution in [0.2, 0.25) is 0 Å². The first-order valence-electron chi connectivity index (χ1n) is 11.0. The van der Waals surface area contributed by atoms with E-state index in [4.69, 9.17) is 9.84 Å². The number of carboxylic acid groups (broad SMARTS) is 1. The molecule has 0 aliphatic rings. The third kappa shape index (κ3) is 13.2. The van der Waals surface area contributed by atoms with Crippen LogP contribution in [-0.2, 0) is 0 Å². The molecule has 28 heavy (non-hydrogen) atoms. The van der Waals surface area contributed by atoms with Gasteiger partial charge in [-0.3, -0.25) is 0 Å². The normalized spacial score (nSPS) is 11.5. The maximum Gasteiger partial charge on any atom is 0.335 e. The fraction of sp³-hybridized carbons (Fsp3) is 0.560. The lowest BCUT2D eigenvalue weighted by Crippen LogP contribution is -1.99. The molecule has 0 radical (unpaired) electrons. The molecule has 0 aliphatic carbocycles. The predicted molar refractivity (Wildman–Crippen MR) is 118 cm³/mol. The predicted octanol–water partition coefficient (Wildman–Crippen LogP) is 7.58. The Morgan fingerprint density at radius 1 is 0.821 bits per heavy atom. The fourth-order valence-corrected chi connectivity index (χ4v) is 2.97. The highest BCUT2D eigenvalue weighted by molar-refractivity contribution is 5.87. The van der Waals surface area contributed by atoms with E-state index in [1.165, 1.54) is 64.2 Å². The molecule has 0 aromatic heterocycles. The van der Waals surface area contributed by atoms with Gasteiger partial charge in [0, 0.05) is 0 Å². The largest absolute Gasteiger partial charge is 0.494 e. The molecule has 0 heterocycles. The Bertz CT molecular complexity index is 558. The summed E-state index contributed by atoms with van der Waals surface area (Å²) in [6.07, 6.45) is 24.0. The quantitative estimate of drug-likeness (QED) is 0.222. The first kappa shape index (κ1) is 24.0. The van der Waals surface area contributed by atoms with Crippen LogP contribution in [0.15, 0.2) is 48.6 Å². The Labute approximate surface area is 171 Å². The van der Waals surface area contributed by atoms with Crippen molar-refractivity contribution in [2.45, 2.75) is 84.0 Å². The molecule has 0 aliphatic heterocycles. The standard InChI is InChI=1S/C25H38O3/c1-2-3-4-5-6-7-8-9-10-11-12-13-14-15-16-17-22-28-24-20-18-23(19-21-24)25(26)27/h6-7,9-10,18-21H,2-5,8,11-17,22H2,1H3,(H,26,27)/b7-6+,10-9+. The summed E-state index contributed by atoms with van der Waals surface area (Å²) >= 11 is 0. The van der Waals surface area contributed by atoms with Crippen LogP contribution < -0.4 is 4.74 Å². The highest BCUT2D eigenvalue weighted by Crippen LogP contribution is 2.13. The number of benzene rings is 1. The van der Waals surface area contributed by atoms with Gasteiger partial charge in [0.25, 0.3) is 0 Å². The maximum atomic E-state index is 10.8. The SMILES string of the molecule is CCCCC/C=C/C/C=C/CCCCCCCCOc1ccc(C(=O)O)cc1. The number of carboxylic acids is 1. The van der Waals surface area contributed by atoms with Gasteiger partial charge in [-0.15, -0.1) is 0 Å². The number of ether oxygens (including phenoxy) is 1. The van der Waals surface area contributed by atoms with Crippen molar-refractivity contribution in [3.05, 3.63) is 54.1 Å². The smallest absolute Gasteiger partial charge is 0.335 e. The van der Waals surface area contributed by atoms with Crippen LogP contribution >= 0.6 is 0 Å². The van der Waals surface area contributed by atoms with Gasteiger partial charge in [-0.25, -0.2) is 4.79 Å². The minimum absolute atomic E-state index is 0.293. The van der Waals surface area contributed by atoms with Crippen molar-refractivity contribution in [3.63, 3.8) is 0 Å². The maximum absolute atomic E-state index is 10.8. The summed E-state index contributed by atoms with van der Waals surface area (Å²) < 4.78 is 5.65. The molecule has 3 nitrogen and oxygen atoms in total. The van der Waals surface area contributed by atoms with Gasteiger partial charge in [0.1, 0.15) is 5.75 Å². The van der Waals surface area contributed by atoms with Crippen LogP contribution in [0.4, 0.5) is 0 Å². The molecule has 0 saturated carbocycles. The highest BCUT2D eigenvalue weighted by Gasteiger charge is 2.01. The molecule has 0 spiro atoms. The number of hydrogen-bond donors (Lipinski definition) is 1. The number of allylic oxidation sites excluding steroid dienone is 4. The van der Waals surface area contributed by atoms with Gasteiger partial charge in [-0.05, 0) is 62.8 Å². The lowest BCUT2D eigenvalue weighted by molar-refractivity contribution is 0.0697. The van der Waals surface area contributed by atoms with Crippen molar-refractivity contribution < 1.29 is 14.6 Å². The third-order valence-electron chi connectivity index (χ3n) is 4.71. The summed E-state index contributed by atoms with van der Waals surface area (Å²) in [5, 5.41) is 8.86. The first-order valence-corrected chi connectivity index (χ1v) is 11.0. The molecule has 1 N–H and O–H groups in total. The number of carbonyl (C=O) groups is 1. The minimum Gasteiger partial charge on any atom is -0.494 e. The number of hydrogen-bond acceptors (Lipinski definition) is 2. The van der Waals surface area contributed by atoms with Gasteiger partial charge in [0.05, 0.1) is 12.2 Å². The highest BCUT2D eigenvalue weighted by atomic mass is 16.5. The lowest BCUT2D eigenvalue weighted by Gasteiger charge is -2.06. The van der Waals surface area contributed by atoms with Crippen LogP contribution in [-0.4, -0.2) is 17.7 Å². The van der Waals surface area contributed by atoms with E-state index in [1.54, 1.807) is 24.3 Å². The average Bonchev–Trinajstić information content (AvgIpc) is 2.70. The number of rotatable bonds is 17. The monoisotopic (exact) mass is 386 g/mol. The van der Waals surface area contributed by atoms with Crippen molar-refractivity contribution in [3.8, 4) is 5.75 Å². The summed E-state index contributed by atoms with van der Waals surface area (Å²) in [7, 11) is 0. The van der Waals surface area contributed by atoms with E-state index in [-0.39, 0.29) is 0 Å². The summed E-state index contributed by atoms with van der Waals surface area (Å²) in [6.45, 7) is 2.94. The van der Waals surface area contributed by atoms with E-state index >= 15 is 0 Å². The van der Waals surface area contributed by atoms with E-state index in [2.05, 4.69) is 31.2 Å². The van der Waals surface area contributed by atoms with Gasteiger partial charge in [0.2, 0.25) is 0 Å². The lowest BCUT2D eigenvalue weighted by atomic mass is 10.1. The van der Waals surface area contributed by atoms with E-state index in [0.29, 0.717) is 12.2 Å². The van der Waals surface area contributed by atoms with Crippen molar-refractivity contribution in [2.75, 3.05) is 6.61 Å². The molecular formula is C25H38O3. The van der Waals surface area contributed by atoms with Crippen LogP contribution in [0.3, 0.4) is 0 Å². The topological polar surface area (TPSA) is 46.5 Å². The second kappa shape index (κ2) is 17.1. The molecule has 3 heteroatoms. The molecule has 156 valence electrons. The van der Waals surface area contributed by atoms with Crippen LogP contribution in [0.25, 0.3) is 0 Å². The zero-order valence-corrected chi connectivity index (χ0v) is 17.6. The summed E-state index contributed by atoms with van der Waals surface area (Å²) in [6, 6.07) is 6.60. The molecule has 1 aromatic carbocycles. The Balaban J connectivity index is 1.87. The fourth-order valence-electron chi connectivity index (χ4n) is 2.97. The molecule has 0 amide bonds. The van der Waals surface area contributed by atoms with Gasteiger partial charge >= 0.3 is 5.97 Å². The van der Waals surface area contributed by atoms with Crippen molar-refractivity contribution in [2.24, 2.45) is 0 Å². The minimum atomic E-state index is -0.906. The molecular weight excluding hydrogens is 348 g/mol. The zero-order valence-electron chi connectivity index (χ0n) is 17.6. The van der Waals surface area contributed by atoms with Crippen molar-refractivity contribution in [1.29, 1.82) is 0 Å². The summed E-state index contributed by atoms with van der Waals surface area (Å²) in [5.41, 5.74) is 0.293. The Hall–Kier alpha value is -2.03. The third-order valence-corrected chi connectivity index (χ3v) is 4.71. The average molecular weight is 387 g/mol. The molecule has 0 bridgehead atoms. The first-order chi connectivity index (χ1) is 13.7. The van der Waals surface area contributed by atoms with E-state index in [0.717, 1.165) is 18.6 Å². The molecule has 0 saturated heterocycles. The van der Waals surface area contributed by atoms with Gasteiger partial charge in [-0.1, -0.05) is 69.8 Å². The van der Waals surface area contributed by atoms with Gasteiger partial charge in [0.15, 0.2) is 0 Å². The number of aromatic carboxylic acids is 1. The van der Waals surface area contributed by atoms with E-state index < -0.39 is 5.97 Å².